The van der Waals surface area contributed by atoms with Gasteiger partial charge in [0.05, 0.1) is 11.7 Å². The lowest BCUT2D eigenvalue weighted by Gasteiger charge is -2.17. The third-order valence-electron chi connectivity index (χ3n) is 3.66. The first-order chi connectivity index (χ1) is 11.9. The summed E-state index contributed by atoms with van der Waals surface area (Å²) in [6.45, 7) is -0.358. The van der Waals surface area contributed by atoms with Crippen molar-refractivity contribution in [2.45, 2.75) is 12.3 Å². The van der Waals surface area contributed by atoms with Crippen molar-refractivity contribution in [3.8, 4) is 0 Å². The Labute approximate surface area is 139 Å². The summed E-state index contributed by atoms with van der Waals surface area (Å²) in [6.07, 6.45) is -6.07. The summed E-state index contributed by atoms with van der Waals surface area (Å²) in [6, 6.07) is 9.29. The van der Waals surface area contributed by atoms with E-state index in [0.717, 1.165) is 6.07 Å². The lowest BCUT2D eigenvalue weighted by Crippen LogP contribution is -2.29. The Morgan fingerprint density at radius 3 is 2.64 bits per heavy atom. The van der Waals surface area contributed by atoms with Crippen LogP contribution in [0.15, 0.2) is 42.5 Å². The number of rotatable bonds is 4. The van der Waals surface area contributed by atoms with Crippen LogP contribution in [0, 0.1) is 0 Å². The Morgan fingerprint density at radius 2 is 1.88 bits per heavy atom. The minimum atomic E-state index is -4.58. The fourth-order valence-corrected chi connectivity index (χ4v) is 2.43. The standard InChI is InChI=1S/C16H13F3N4O2/c17-16(18,19)11-4-2-1-3-10(11)14(24)8-20-15(25)9-5-6-12-13(7-9)22-23-21-12/h1-7,14,24H,8H2,(H,20,25)(H,21,22,23)/t14-/m1/s1. The number of nitrogens with zero attached hydrogens (tertiary/aromatic N) is 2. The molecule has 2 aromatic carbocycles. The van der Waals surface area contributed by atoms with Crippen molar-refractivity contribution in [2.75, 3.05) is 6.54 Å². The number of aromatic nitrogens is 3. The highest BCUT2D eigenvalue weighted by atomic mass is 19.4. The molecule has 9 heteroatoms. The van der Waals surface area contributed by atoms with Gasteiger partial charge in [-0.25, -0.2) is 0 Å². The van der Waals surface area contributed by atoms with Crippen LogP contribution >= 0.6 is 0 Å². The molecule has 0 saturated heterocycles. The maximum atomic E-state index is 13.0. The Bertz CT molecular complexity index is 908. The minimum absolute atomic E-state index is 0.262. The van der Waals surface area contributed by atoms with Crippen molar-refractivity contribution in [2.24, 2.45) is 0 Å². The zero-order valence-corrected chi connectivity index (χ0v) is 12.7. The van der Waals surface area contributed by atoms with Crippen LogP contribution in [-0.4, -0.2) is 33.0 Å². The first-order valence-corrected chi connectivity index (χ1v) is 7.29. The SMILES string of the molecule is O=C(NC[C@@H](O)c1ccccc1C(F)(F)F)c1ccc2n[nH]nc2c1. The molecule has 0 aliphatic carbocycles. The third-order valence-corrected chi connectivity index (χ3v) is 3.66. The molecule has 3 N–H and O–H groups in total. The second kappa shape index (κ2) is 6.52. The molecule has 6 nitrogen and oxygen atoms in total. The molecular formula is C16H13F3N4O2. The first kappa shape index (κ1) is 16.9. The average molecular weight is 350 g/mol. The van der Waals surface area contributed by atoms with E-state index in [1.807, 2.05) is 0 Å². The lowest BCUT2D eigenvalue weighted by atomic mass is 10.0. The fraction of sp³-hybridized carbons (Fsp3) is 0.188. The quantitative estimate of drug-likeness (QED) is 0.674. The predicted octanol–water partition coefficient (Wildman–Crippen LogP) is 2.44. The van der Waals surface area contributed by atoms with Gasteiger partial charge in [-0.3, -0.25) is 4.79 Å². The number of aromatic amines is 1. The molecule has 0 spiro atoms. The number of halogens is 3. The summed E-state index contributed by atoms with van der Waals surface area (Å²) < 4.78 is 38.9. The molecule has 0 unspecified atom stereocenters. The van der Waals surface area contributed by atoms with E-state index in [-0.39, 0.29) is 17.7 Å². The van der Waals surface area contributed by atoms with Crippen molar-refractivity contribution < 1.29 is 23.1 Å². The summed E-state index contributed by atoms with van der Waals surface area (Å²) in [7, 11) is 0. The van der Waals surface area contributed by atoms with Gasteiger partial charge < -0.3 is 10.4 Å². The van der Waals surface area contributed by atoms with Gasteiger partial charge in [-0.1, -0.05) is 18.2 Å². The van der Waals surface area contributed by atoms with E-state index in [4.69, 9.17) is 0 Å². The maximum Gasteiger partial charge on any atom is 0.416 e. The number of aliphatic hydroxyl groups is 1. The molecular weight excluding hydrogens is 337 g/mol. The van der Waals surface area contributed by atoms with Gasteiger partial charge in [-0.2, -0.15) is 28.6 Å². The van der Waals surface area contributed by atoms with Gasteiger partial charge in [-0.15, -0.1) is 0 Å². The van der Waals surface area contributed by atoms with E-state index in [1.54, 1.807) is 6.07 Å². The lowest BCUT2D eigenvalue weighted by molar-refractivity contribution is -0.139. The largest absolute Gasteiger partial charge is 0.416 e. The van der Waals surface area contributed by atoms with E-state index < -0.39 is 23.8 Å². The summed E-state index contributed by atoms with van der Waals surface area (Å²) in [5.74, 6) is -0.534. The second-order valence-corrected chi connectivity index (χ2v) is 5.34. The molecule has 3 aromatic rings. The number of benzene rings is 2. The van der Waals surface area contributed by atoms with E-state index >= 15 is 0 Å². The predicted molar refractivity (Wildman–Crippen MR) is 82.6 cm³/mol. The van der Waals surface area contributed by atoms with Crippen molar-refractivity contribution in [1.29, 1.82) is 0 Å². The molecule has 0 aliphatic rings. The van der Waals surface area contributed by atoms with E-state index in [1.165, 1.54) is 30.3 Å². The Morgan fingerprint density at radius 1 is 1.16 bits per heavy atom. The summed E-state index contributed by atoms with van der Waals surface area (Å²) in [5.41, 5.74) is 0.104. The highest BCUT2D eigenvalue weighted by Crippen LogP contribution is 2.34. The maximum absolute atomic E-state index is 13.0. The molecule has 1 amide bonds. The Hall–Kier alpha value is -2.94. The number of amides is 1. The van der Waals surface area contributed by atoms with Crippen LogP contribution in [0.2, 0.25) is 0 Å². The number of carbonyl (C=O) groups excluding carboxylic acids is 1. The zero-order chi connectivity index (χ0) is 18.0. The number of fused-ring (bicyclic) bond motifs is 1. The molecule has 1 atom stereocenters. The molecule has 1 heterocycles. The molecule has 1 aromatic heterocycles. The van der Waals surface area contributed by atoms with Gasteiger partial charge in [0.25, 0.3) is 5.91 Å². The van der Waals surface area contributed by atoms with Crippen LogP contribution in [0.5, 0.6) is 0 Å². The van der Waals surface area contributed by atoms with Crippen LogP contribution < -0.4 is 5.32 Å². The average Bonchev–Trinajstić information content (AvgIpc) is 3.06. The fourth-order valence-electron chi connectivity index (χ4n) is 2.43. The van der Waals surface area contributed by atoms with Crippen LogP contribution in [0.1, 0.15) is 27.6 Å². The van der Waals surface area contributed by atoms with E-state index in [2.05, 4.69) is 20.7 Å². The summed E-state index contributed by atoms with van der Waals surface area (Å²) in [5, 5.41) is 22.6. The number of aliphatic hydroxyl groups excluding tert-OH is 1. The normalized spacial score (nSPS) is 13.0. The number of nitrogens with one attached hydrogen (secondary N) is 2. The van der Waals surface area contributed by atoms with Crippen molar-refractivity contribution >= 4 is 16.9 Å². The van der Waals surface area contributed by atoms with Crippen molar-refractivity contribution in [3.05, 3.63) is 59.2 Å². The molecule has 0 saturated carbocycles. The van der Waals surface area contributed by atoms with E-state index in [0.29, 0.717) is 11.0 Å². The first-order valence-electron chi connectivity index (χ1n) is 7.29. The number of carbonyl (C=O) groups is 1. The topological polar surface area (TPSA) is 90.9 Å². The van der Waals surface area contributed by atoms with Gasteiger partial charge in [0.2, 0.25) is 0 Å². The summed E-state index contributed by atoms with van der Waals surface area (Å²) >= 11 is 0. The van der Waals surface area contributed by atoms with Crippen molar-refractivity contribution in [3.63, 3.8) is 0 Å². The minimum Gasteiger partial charge on any atom is -0.387 e. The zero-order valence-electron chi connectivity index (χ0n) is 12.7. The van der Waals surface area contributed by atoms with Gasteiger partial charge in [0.1, 0.15) is 11.0 Å². The van der Waals surface area contributed by atoms with Crippen LogP contribution in [0.4, 0.5) is 13.2 Å². The summed E-state index contributed by atoms with van der Waals surface area (Å²) in [4.78, 5) is 12.1. The van der Waals surface area contributed by atoms with Gasteiger partial charge in [0, 0.05) is 12.1 Å². The second-order valence-electron chi connectivity index (χ2n) is 5.34. The monoisotopic (exact) mass is 350 g/mol. The third kappa shape index (κ3) is 3.61. The molecule has 25 heavy (non-hydrogen) atoms. The molecule has 0 fully saturated rings. The molecule has 130 valence electrons. The number of hydrogen-bond donors (Lipinski definition) is 3. The van der Waals surface area contributed by atoms with Crippen LogP contribution in [-0.2, 0) is 6.18 Å². The molecule has 0 bridgehead atoms. The van der Waals surface area contributed by atoms with Crippen LogP contribution in [0.3, 0.4) is 0 Å². The Balaban J connectivity index is 1.72. The van der Waals surface area contributed by atoms with Gasteiger partial charge in [-0.05, 0) is 29.8 Å². The number of H-pyrrole nitrogens is 1. The van der Waals surface area contributed by atoms with Gasteiger partial charge >= 0.3 is 6.18 Å². The molecule has 0 radical (unpaired) electrons. The van der Waals surface area contributed by atoms with Crippen molar-refractivity contribution in [1.82, 2.24) is 20.7 Å². The number of alkyl halides is 3. The molecule has 3 rings (SSSR count). The van der Waals surface area contributed by atoms with Crippen LogP contribution in [0.25, 0.3) is 11.0 Å². The number of hydrogen-bond acceptors (Lipinski definition) is 4. The molecule has 0 aliphatic heterocycles. The highest BCUT2D eigenvalue weighted by Gasteiger charge is 2.34. The van der Waals surface area contributed by atoms with E-state index in [9.17, 15) is 23.1 Å². The van der Waals surface area contributed by atoms with Gasteiger partial charge in [0.15, 0.2) is 0 Å². The Kier molecular flexibility index (Phi) is 4.41. The highest BCUT2D eigenvalue weighted by molar-refractivity contribution is 5.97. The smallest absolute Gasteiger partial charge is 0.387 e.